The van der Waals surface area contributed by atoms with E-state index >= 15 is 0 Å². The Morgan fingerprint density at radius 1 is 1.56 bits per heavy atom. The van der Waals surface area contributed by atoms with Crippen LogP contribution in [-0.2, 0) is 0 Å². The zero-order chi connectivity index (χ0) is 13.1. The molecule has 2 unspecified atom stereocenters. The van der Waals surface area contributed by atoms with Crippen LogP contribution in [0.25, 0.3) is 0 Å². The van der Waals surface area contributed by atoms with Crippen molar-refractivity contribution in [2.45, 2.75) is 25.5 Å². The van der Waals surface area contributed by atoms with Crippen LogP contribution in [0.15, 0.2) is 18.2 Å². The molecule has 1 heterocycles. The van der Waals surface area contributed by atoms with Crippen molar-refractivity contribution < 1.29 is 14.6 Å². The average molecular weight is 250 g/mol. The lowest BCUT2D eigenvalue weighted by molar-refractivity contribution is 0.0686. The third-order valence-corrected chi connectivity index (χ3v) is 3.13. The molecule has 0 aliphatic carbocycles. The Balaban J connectivity index is 2.27. The minimum Gasteiger partial charge on any atom is -0.485 e. The average Bonchev–Trinajstić information content (AvgIpc) is 2.35. The van der Waals surface area contributed by atoms with Crippen LogP contribution in [0, 0.1) is 0 Å². The fourth-order valence-corrected chi connectivity index (χ4v) is 2.13. The third-order valence-electron chi connectivity index (χ3n) is 3.13. The van der Waals surface area contributed by atoms with Gasteiger partial charge in [0.15, 0.2) is 5.75 Å². The number of hydrogen-bond donors (Lipinski definition) is 3. The highest BCUT2D eigenvalue weighted by atomic mass is 16.5. The van der Waals surface area contributed by atoms with Gasteiger partial charge in [0.25, 0.3) is 0 Å². The number of carboxylic acids is 1. The number of nitrogens with one attached hydrogen (secondary N) is 2. The van der Waals surface area contributed by atoms with Crippen molar-refractivity contribution in [3.05, 3.63) is 23.8 Å². The van der Waals surface area contributed by atoms with Crippen LogP contribution < -0.4 is 15.4 Å². The standard InChI is InChI=1S/C13H18N2O3/c1-8-11(6-7-14-2)18-12-9(13(16)17)4-3-5-10(12)15-8/h3-5,8,11,14-15H,6-7H2,1-2H3,(H,16,17). The minimum atomic E-state index is -0.962. The van der Waals surface area contributed by atoms with Crippen molar-refractivity contribution in [1.29, 1.82) is 0 Å². The van der Waals surface area contributed by atoms with Crippen molar-refractivity contribution in [2.24, 2.45) is 0 Å². The molecule has 1 aromatic carbocycles. The number of para-hydroxylation sites is 1. The summed E-state index contributed by atoms with van der Waals surface area (Å²) < 4.78 is 5.86. The topological polar surface area (TPSA) is 70.6 Å². The Morgan fingerprint density at radius 2 is 2.33 bits per heavy atom. The van der Waals surface area contributed by atoms with Gasteiger partial charge in [-0.3, -0.25) is 0 Å². The Bertz CT molecular complexity index is 448. The quantitative estimate of drug-likeness (QED) is 0.756. The maximum atomic E-state index is 11.2. The summed E-state index contributed by atoms with van der Waals surface area (Å²) in [6, 6.07) is 5.29. The van der Waals surface area contributed by atoms with E-state index in [0.29, 0.717) is 5.75 Å². The first-order valence-corrected chi connectivity index (χ1v) is 6.07. The van der Waals surface area contributed by atoms with Crippen LogP contribution in [0.4, 0.5) is 5.69 Å². The zero-order valence-corrected chi connectivity index (χ0v) is 10.6. The maximum Gasteiger partial charge on any atom is 0.339 e. The van der Waals surface area contributed by atoms with Gasteiger partial charge >= 0.3 is 5.97 Å². The van der Waals surface area contributed by atoms with Crippen LogP contribution in [0.1, 0.15) is 23.7 Å². The van der Waals surface area contributed by atoms with Gasteiger partial charge in [0, 0.05) is 0 Å². The van der Waals surface area contributed by atoms with Crippen molar-refractivity contribution in [3.63, 3.8) is 0 Å². The van der Waals surface area contributed by atoms with E-state index in [9.17, 15) is 4.79 Å². The number of carboxylic acid groups (broad SMARTS) is 1. The summed E-state index contributed by atoms with van der Waals surface area (Å²) in [6.07, 6.45) is 0.809. The molecule has 0 spiro atoms. The number of aromatic carboxylic acids is 1. The van der Waals surface area contributed by atoms with E-state index in [2.05, 4.69) is 10.6 Å². The third kappa shape index (κ3) is 2.41. The van der Waals surface area contributed by atoms with Crippen molar-refractivity contribution >= 4 is 11.7 Å². The molecular formula is C13H18N2O3. The molecule has 0 bridgehead atoms. The van der Waals surface area contributed by atoms with Gasteiger partial charge in [0.2, 0.25) is 0 Å². The predicted octanol–water partition coefficient (Wildman–Crippen LogP) is 1.56. The summed E-state index contributed by atoms with van der Waals surface area (Å²) in [5.41, 5.74) is 0.962. The van der Waals surface area contributed by atoms with Gasteiger partial charge in [0.05, 0.1) is 11.7 Å². The van der Waals surface area contributed by atoms with Crippen LogP contribution in [0.3, 0.4) is 0 Å². The molecule has 5 nitrogen and oxygen atoms in total. The van der Waals surface area contributed by atoms with Crippen LogP contribution in [0.2, 0.25) is 0 Å². The highest BCUT2D eigenvalue weighted by Crippen LogP contribution is 2.35. The van der Waals surface area contributed by atoms with Crippen LogP contribution in [-0.4, -0.2) is 36.8 Å². The zero-order valence-electron chi connectivity index (χ0n) is 10.6. The molecule has 1 aromatic rings. The first-order chi connectivity index (χ1) is 8.63. The molecule has 18 heavy (non-hydrogen) atoms. The number of carbonyl (C=O) groups is 1. The summed E-state index contributed by atoms with van der Waals surface area (Å²) >= 11 is 0. The Hall–Kier alpha value is -1.75. The molecule has 2 rings (SSSR count). The number of hydrogen-bond acceptors (Lipinski definition) is 4. The monoisotopic (exact) mass is 250 g/mol. The summed E-state index contributed by atoms with van der Waals surface area (Å²) in [4.78, 5) is 11.2. The van der Waals surface area contributed by atoms with Gasteiger partial charge in [-0.1, -0.05) is 6.07 Å². The SMILES string of the molecule is CNCCC1Oc2c(cccc2C(=O)O)NC1C. The largest absolute Gasteiger partial charge is 0.485 e. The molecular weight excluding hydrogens is 232 g/mol. The van der Waals surface area contributed by atoms with E-state index in [1.165, 1.54) is 0 Å². The normalized spacial score (nSPS) is 21.7. The molecule has 0 aromatic heterocycles. The predicted molar refractivity (Wildman–Crippen MR) is 69.4 cm³/mol. The van der Waals surface area contributed by atoms with Gasteiger partial charge < -0.3 is 20.5 Å². The van der Waals surface area contributed by atoms with Gasteiger partial charge in [0.1, 0.15) is 11.7 Å². The molecule has 98 valence electrons. The van der Waals surface area contributed by atoms with Crippen molar-refractivity contribution in [1.82, 2.24) is 5.32 Å². The Morgan fingerprint density at radius 3 is 3.00 bits per heavy atom. The molecule has 0 radical (unpaired) electrons. The molecule has 3 N–H and O–H groups in total. The summed E-state index contributed by atoms with van der Waals surface area (Å²) in [5, 5.41) is 15.5. The lowest BCUT2D eigenvalue weighted by Crippen LogP contribution is -2.41. The van der Waals surface area contributed by atoms with Crippen LogP contribution >= 0.6 is 0 Å². The highest BCUT2D eigenvalue weighted by Gasteiger charge is 2.28. The fourth-order valence-electron chi connectivity index (χ4n) is 2.13. The molecule has 5 heteroatoms. The van der Waals surface area contributed by atoms with Crippen molar-refractivity contribution in [3.8, 4) is 5.75 Å². The lowest BCUT2D eigenvalue weighted by atomic mass is 10.0. The van der Waals surface area contributed by atoms with E-state index in [1.807, 2.05) is 20.0 Å². The maximum absolute atomic E-state index is 11.2. The molecule has 1 aliphatic rings. The molecule has 0 saturated heterocycles. The second-order valence-electron chi connectivity index (χ2n) is 4.47. The van der Waals surface area contributed by atoms with E-state index in [-0.39, 0.29) is 17.7 Å². The Labute approximate surface area is 106 Å². The first-order valence-electron chi connectivity index (χ1n) is 6.07. The van der Waals surface area contributed by atoms with Crippen LogP contribution in [0.5, 0.6) is 5.75 Å². The van der Waals surface area contributed by atoms with Gasteiger partial charge in [-0.05, 0) is 39.1 Å². The molecule has 0 fully saturated rings. The van der Waals surface area contributed by atoms with E-state index in [0.717, 1.165) is 18.7 Å². The fraction of sp³-hybridized carbons (Fsp3) is 0.462. The lowest BCUT2D eigenvalue weighted by Gasteiger charge is -2.33. The number of anilines is 1. The van der Waals surface area contributed by atoms with Gasteiger partial charge in [-0.2, -0.15) is 0 Å². The van der Waals surface area contributed by atoms with E-state index in [1.54, 1.807) is 12.1 Å². The summed E-state index contributed by atoms with van der Waals surface area (Å²) in [6.45, 7) is 2.87. The minimum absolute atomic E-state index is 0.0227. The van der Waals surface area contributed by atoms with E-state index in [4.69, 9.17) is 9.84 Å². The second kappa shape index (κ2) is 5.27. The molecule has 0 amide bonds. The van der Waals surface area contributed by atoms with Gasteiger partial charge in [-0.25, -0.2) is 4.79 Å². The number of ether oxygens (including phenoxy) is 1. The summed E-state index contributed by atoms with van der Waals surface area (Å²) in [7, 11) is 1.89. The number of benzene rings is 1. The Kier molecular flexibility index (Phi) is 3.72. The molecule has 1 aliphatic heterocycles. The second-order valence-corrected chi connectivity index (χ2v) is 4.47. The number of rotatable bonds is 4. The summed E-state index contributed by atoms with van der Waals surface area (Å²) in [5.74, 6) is -0.514. The van der Waals surface area contributed by atoms with Gasteiger partial charge in [-0.15, -0.1) is 0 Å². The first kappa shape index (κ1) is 12.7. The van der Waals surface area contributed by atoms with E-state index < -0.39 is 5.97 Å². The molecule has 2 atom stereocenters. The smallest absolute Gasteiger partial charge is 0.339 e. The van der Waals surface area contributed by atoms with Crippen molar-refractivity contribution in [2.75, 3.05) is 18.9 Å². The molecule has 0 saturated carbocycles. The highest BCUT2D eigenvalue weighted by molar-refractivity contribution is 5.93. The number of fused-ring (bicyclic) bond motifs is 1.